The molecule has 0 amide bonds. The highest BCUT2D eigenvalue weighted by Gasteiger charge is 2.17. The molecular formula is C9H9NO. The number of allylic oxidation sites excluding steroid dienone is 3. The van der Waals surface area contributed by atoms with Crippen molar-refractivity contribution in [1.82, 2.24) is 0 Å². The van der Waals surface area contributed by atoms with Gasteiger partial charge in [-0.2, -0.15) is 0 Å². The van der Waals surface area contributed by atoms with Crippen LogP contribution in [-0.2, 0) is 4.79 Å². The third kappa shape index (κ3) is 0.946. The van der Waals surface area contributed by atoms with Crippen molar-refractivity contribution < 1.29 is 4.79 Å². The third-order valence-corrected chi connectivity index (χ3v) is 2.11. The Morgan fingerprint density at radius 2 is 2.45 bits per heavy atom. The van der Waals surface area contributed by atoms with Gasteiger partial charge in [0.05, 0.1) is 6.54 Å². The molecule has 0 spiro atoms. The molecule has 1 aliphatic heterocycles. The van der Waals surface area contributed by atoms with Crippen LogP contribution in [-0.4, -0.2) is 18.5 Å². The van der Waals surface area contributed by atoms with E-state index in [0.717, 1.165) is 31.2 Å². The second-order valence-corrected chi connectivity index (χ2v) is 2.78. The Bertz CT molecular complexity index is 284. The Morgan fingerprint density at radius 1 is 1.55 bits per heavy atom. The molecule has 1 heterocycles. The second-order valence-electron chi connectivity index (χ2n) is 2.78. The lowest BCUT2D eigenvalue weighted by Crippen LogP contribution is -2.01. The van der Waals surface area contributed by atoms with E-state index in [1.54, 1.807) is 0 Å². The lowest BCUT2D eigenvalue weighted by molar-refractivity contribution is -0.102. The lowest BCUT2D eigenvalue weighted by atomic mass is 9.97. The van der Waals surface area contributed by atoms with Crippen molar-refractivity contribution in [3.63, 3.8) is 0 Å². The quantitative estimate of drug-likeness (QED) is 0.514. The number of carbonyl (C=O) groups excluding carboxylic acids is 1. The second kappa shape index (κ2) is 2.46. The highest BCUT2D eigenvalue weighted by molar-refractivity contribution is 6.38. The molecular weight excluding hydrogens is 138 g/mol. The Kier molecular flexibility index (Phi) is 1.46. The molecule has 0 atom stereocenters. The van der Waals surface area contributed by atoms with Crippen LogP contribution in [0.4, 0.5) is 0 Å². The van der Waals surface area contributed by atoms with Crippen molar-refractivity contribution in [1.29, 1.82) is 0 Å². The van der Waals surface area contributed by atoms with E-state index in [0.29, 0.717) is 5.71 Å². The van der Waals surface area contributed by atoms with Gasteiger partial charge in [0.2, 0.25) is 0 Å². The molecule has 2 heteroatoms. The van der Waals surface area contributed by atoms with E-state index in [4.69, 9.17) is 0 Å². The molecule has 1 aliphatic carbocycles. The molecule has 0 radical (unpaired) electrons. The molecule has 11 heavy (non-hydrogen) atoms. The summed E-state index contributed by atoms with van der Waals surface area (Å²) in [5, 5.41) is 0. The number of hydrogen-bond acceptors (Lipinski definition) is 2. The maximum Gasteiger partial charge on any atom is 0.168 e. The van der Waals surface area contributed by atoms with Crippen molar-refractivity contribution in [2.24, 2.45) is 4.99 Å². The van der Waals surface area contributed by atoms with Crippen LogP contribution in [0.1, 0.15) is 12.8 Å². The van der Waals surface area contributed by atoms with Crippen LogP contribution in [0.25, 0.3) is 0 Å². The van der Waals surface area contributed by atoms with Crippen LogP contribution in [0, 0.1) is 0 Å². The van der Waals surface area contributed by atoms with Gasteiger partial charge in [-0.15, -0.1) is 0 Å². The topological polar surface area (TPSA) is 29.4 Å². The van der Waals surface area contributed by atoms with Gasteiger partial charge in [-0.1, -0.05) is 12.2 Å². The molecule has 2 aliphatic rings. The van der Waals surface area contributed by atoms with Crippen molar-refractivity contribution >= 4 is 12.0 Å². The minimum atomic E-state index is 0.635. The van der Waals surface area contributed by atoms with Crippen molar-refractivity contribution in [2.75, 3.05) is 6.54 Å². The number of rotatable bonds is 1. The van der Waals surface area contributed by atoms with Gasteiger partial charge in [0, 0.05) is 5.57 Å². The molecule has 0 aromatic heterocycles. The first-order valence-corrected chi connectivity index (χ1v) is 3.80. The SMILES string of the molecule is O=CC1=NCC2=C1C=CCC2. The predicted octanol–water partition coefficient (Wildman–Crippen LogP) is 1.29. The zero-order valence-corrected chi connectivity index (χ0v) is 6.21. The summed E-state index contributed by atoms with van der Waals surface area (Å²) in [7, 11) is 0. The Balaban J connectivity index is 2.37. The third-order valence-electron chi connectivity index (χ3n) is 2.11. The number of carbonyl (C=O) groups is 1. The van der Waals surface area contributed by atoms with Crippen LogP contribution < -0.4 is 0 Å². The fourth-order valence-corrected chi connectivity index (χ4v) is 1.51. The van der Waals surface area contributed by atoms with Crippen molar-refractivity contribution in [3.8, 4) is 0 Å². The summed E-state index contributed by atoms with van der Waals surface area (Å²) in [6.45, 7) is 0.744. The van der Waals surface area contributed by atoms with E-state index in [2.05, 4.69) is 11.1 Å². The van der Waals surface area contributed by atoms with Gasteiger partial charge >= 0.3 is 0 Å². The van der Waals surface area contributed by atoms with Crippen molar-refractivity contribution in [2.45, 2.75) is 12.8 Å². The van der Waals surface area contributed by atoms with Gasteiger partial charge in [0.1, 0.15) is 5.71 Å². The molecule has 56 valence electrons. The van der Waals surface area contributed by atoms with Crippen LogP contribution in [0.5, 0.6) is 0 Å². The van der Waals surface area contributed by atoms with Crippen LogP contribution in [0.2, 0.25) is 0 Å². The van der Waals surface area contributed by atoms with Gasteiger partial charge in [-0.3, -0.25) is 9.79 Å². The summed E-state index contributed by atoms with van der Waals surface area (Å²) in [6.07, 6.45) is 7.13. The van der Waals surface area contributed by atoms with Crippen LogP contribution in [0.3, 0.4) is 0 Å². The van der Waals surface area contributed by atoms with Crippen molar-refractivity contribution in [3.05, 3.63) is 23.3 Å². The van der Waals surface area contributed by atoms with Gasteiger partial charge in [-0.05, 0) is 18.4 Å². The van der Waals surface area contributed by atoms with E-state index in [-0.39, 0.29) is 0 Å². The summed E-state index contributed by atoms with van der Waals surface area (Å²) >= 11 is 0. The van der Waals surface area contributed by atoms with Gasteiger partial charge in [0.25, 0.3) is 0 Å². The van der Waals surface area contributed by atoms with E-state index in [1.807, 2.05) is 6.08 Å². The first kappa shape index (κ1) is 6.53. The van der Waals surface area contributed by atoms with Gasteiger partial charge in [-0.25, -0.2) is 0 Å². The number of hydrogen-bond donors (Lipinski definition) is 0. The number of nitrogens with zero attached hydrogens (tertiary/aromatic N) is 1. The summed E-state index contributed by atoms with van der Waals surface area (Å²) in [4.78, 5) is 14.6. The molecule has 2 nitrogen and oxygen atoms in total. The Hall–Kier alpha value is -1.18. The number of aldehydes is 1. The van der Waals surface area contributed by atoms with Crippen LogP contribution in [0.15, 0.2) is 28.3 Å². The van der Waals surface area contributed by atoms with Gasteiger partial charge in [0.15, 0.2) is 6.29 Å². The zero-order valence-electron chi connectivity index (χ0n) is 6.21. The Labute approximate surface area is 65.3 Å². The molecule has 2 rings (SSSR count). The van der Waals surface area contributed by atoms with E-state index < -0.39 is 0 Å². The molecule has 0 bridgehead atoms. The molecule has 0 saturated heterocycles. The monoisotopic (exact) mass is 147 g/mol. The average molecular weight is 147 g/mol. The molecule has 0 unspecified atom stereocenters. The molecule has 0 saturated carbocycles. The number of aliphatic imine (C=N–C) groups is 1. The normalized spacial score (nSPS) is 21.6. The van der Waals surface area contributed by atoms with E-state index in [1.165, 1.54) is 5.57 Å². The molecule has 0 aromatic carbocycles. The van der Waals surface area contributed by atoms with Crippen LogP contribution >= 0.6 is 0 Å². The van der Waals surface area contributed by atoms with Gasteiger partial charge < -0.3 is 0 Å². The minimum Gasteiger partial charge on any atom is -0.296 e. The maximum atomic E-state index is 10.5. The summed E-state index contributed by atoms with van der Waals surface area (Å²) in [6, 6.07) is 0. The van der Waals surface area contributed by atoms with E-state index in [9.17, 15) is 4.79 Å². The average Bonchev–Trinajstić information content (AvgIpc) is 2.47. The fourth-order valence-electron chi connectivity index (χ4n) is 1.51. The summed E-state index contributed by atoms with van der Waals surface area (Å²) in [5.74, 6) is 0. The minimum absolute atomic E-state index is 0.635. The largest absolute Gasteiger partial charge is 0.296 e. The Morgan fingerprint density at radius 3 is 3.27 bits per heavy atom. The summed E-state index contributed by atoms with van der Waals surface area (Å²) < 4.78 is 0. The smallest absolute Gasteiger partial charge is 0.168 e. The predicted molar refractivity (Wildman–Crippen MR) is 43.8 cm³/mol. The molecule has 0 aromatic rings. The maximum absolute atomic E-state index is 10.5. The van der Waals surface area contributed by atoms with E-state index >= 15 is 0 Å². The summed E-state index contributed by atoms with van der Waals surface area (Å²) in [5.41, 5.74) is 3.04. The lowest BCUT2D eigenvalue weighted by Gasteiger charge is -2.05. The fraction of sp³-hybridized carbons (Fsp3) is 0.333. The first-order valence-electron chi connectivity index (χ1n) is 3.80. The molecule has 0 N–H and O–H groups in total. The standard InChI is InChI=1S/C9H9NO/c11-6-9-8-4-2-1-3-7(8)5-10-9/h2,4,6H,1,3,5H2. The highest BCUT2D eigenvalue weighted by Crippen LogP contribution is 2.24. The zero-order chi connectivity index (χ0) is 7.68. The first-order chi connectivity index (χ1) is 5.42. The molecule has 0 fully saturated rings. The highest BCUT2D eigenvalue weighted by atomic mass is 16.1.